The van der Waals surface area contributed by atoms with Crippen LogP contribution >= 0.6 is 0 Å². The summed E-state index contributed by atoms with van der Waals surface area (Å²) in [6.45, 7) is 0. The summed E-state index contributed by atoms with van der Waals surface area (Å²) in [5.41, 5.74) is 1.78. The number of hydrogen-bond donors (Lipinski definition) is 0. The Morgan fingerprint density at radius 2 is 1.76 bits per heavy atom. The molecule has 0 aliphatic heterocycles. The van der Waals surface area contributed by atoms with E-state index in [1.54, 1.807) is 0 Å². The average Bonchev–Trinajstić information content (AvgIpc) is 2.39. The lowest BCUT2D eigenvalue weighted by Crippen LogP contribution is -2.04. The molecule has 2 nitrogen and oxygen atoms in total. The zero-order valence-electron chi connectivity index (χ0n) is 9.82. The molecule has 0 spiro atoms. The number of benzene rings is 1. The third-order valence-electron chi connectivity index (χ3n) is 3.72. The van der Waals surface area contributed by atoms with Gasteiger partial charge in [-0.15, -0.1) is 0 Å². The van der Waals surface area contributed by atoms with Crippen molar-refractivity contribution in [2.45, 2.75) is 38.0 Å². The summed E-state index contributed by atoms with van der Waals surface area (Å²) >= 11 is 0. The first-order valence-corrected chi connectivity index (χ1v) is 6.37. The Morgan fingerprint density at radius 1 is 1.00 bits per heavy atom. The van der Waals surface area contributed by atoms with Gasteiger partial charge in [0.2, 0.25) is 0 Å². The van der Waals surface area contributed by atoms with Crippen LogP contribution in [-0.2, 0) is 0 Å². The zero-order chi connectivity index (χ0) is 11.7. The van der Waals surface area contributed by atoms with Gasteiger partial charge in [-0.05, 0) is 36.5 Å². The maximum absolute atomic E-state index is 11.2. The Morgan fingerprint density at radius 3 is 2.59 bits per heavy atom. The van der Waals surface area contributed by atoms with Crippen molar-refractivity contribution in [3.63, 3.8) is 0 Å². The molecule has 0 saturated heterocycles. The smallest absolute Gasteiger partial charge is 0.336 e. The molecule has 88 valence electrons. The van der Waals surface area contributed by atoms with Gasteiger partial charge in [-0.1, -0.05) is 31.4 Å². The van der Waals surface area contributed by atoms with E-state index in [2.05, 4.69) is 12.1 Å². The molecular weight excluding hydrogens is 212 g/mol. The van der Waals surface area contributed by atoms with Crippen LogP contribution in [0.5, 0.6) is 0 Å². The van der Waals surface area contributed by atoms with Crippen molar-refractivity contribution in [1.82, 2.24) is 0 Å². The second kappa shape index (κ2) is 4.36. The summed E-state index contributed by atoms with van der Waals surface area (Å²) in [6, 6.07) is 9.59. The minimum Gasteiger partial charge on any atom is -0.423 e. The molecule has 2 heteroatoms. The Hall–Kier alpha value is -1.57. The van der Waals surface area contributed by atoms with Crippen LogP contribution in [0.25, 0.3) is 11.0 Å². The zero-order valence-corrected chi connectivity index (χ0v) is 9.82. The Kier molecular flexibility index (Phi) is 2.71. The highest BCUT2D eigenvalue weighted by atomic mass is 16.4. The lowest BCUT2D eigenvalue weighted by Gasteiger charge is -2.21. The van der Waals surface area contributed by atoms with Gasteiger partial charge < -0.3 is 4.42 Å². The predicted molar refractivity (Wildman–Crippen MR) is 68.3 cm³/mol. The standard InChI is InChI=1S/C15H16O2/c16-15-9-8-12-6-7-13(10-14(12)17-15)11-4-2-1-3-5-11/h6-11H,1-5H2. The molecule has 0 unspecified atom stereocenters. The van der Waals surface area contributed by atoms with Crippen LogP contribution in [0.1, 0.15) is 43.6 Å². The van der Waals surface area contributed by atoms with E-state index in [0.717, 1.165) is 11.0 Å². The van der Waals surface area contributed by atoms with Crippen molar-refractivity contribution >= 4 is 11.0 Å². The fourth-order valence-corrected chi connectivity index (χ4v) is 2.77. The largest absolute Gasteiger partial charge is 0.423 e. The highest BCUT2D eigenvalue weighted by Gasteiger charge is 2.15. The van der Waals surface area contributed by atoms with Crippen molar-refractivity contribution in [3.8, 4) is 0 Å². The van der Waals surface area contributed by atoms with Crippen LogP contribution in [0.2, 0.25) is 0 Å². The van der Waals surface area contributed by atoms with Crippen molar-refractivity contribution in [1.29, 1.82) is 0 Å². The van der Waals surface area contributed by atoms with Crippen LogP contribution in [0.3, 0.4) is 0 Å². The highest BCUT2D eigenvalue weighted by molar-refractivity contribution is 5.77. The molecule has 0 N–H and O–H groups in total. The Labute approximate surface area is 100 Å². The molecule has 0 atom stereocenters. The van der Waals surface area contributed by atoms with Crippen LogP contribution in [0.4, 0.5) is 0 Å². The topological polar surface area (TPSA) is 30.2 Å². The van der Waals surface area contributed by atoms with E-state index in [4.69, 9.17) is 4.42 Å². The van der Waals surface area contributed by atoms with E-state index in [-0.39, 0.29) is 5.63 Å². The molecule has 1 fully saturated rings. The summed E-state index contributed by atoms with van der Waals surface area (Å²) in [5, 5.41) is 1.00. The molecule has 0 amide bonds. The van der Waals surface area contributed by atoms with E-state index in [1.807, 2.05) is 12.1 Å². The maximum atomic E-state index is 11.2. The van der Waals surface area contributed by atoms with Gasteiger partial charge in [-0.25, -0.2) is 4.79 Å². The molecule has 0 bridgehead atoms. The Bertz CT molecular complexity index is 577. The molecular formula is C15H16O2. The molecule has 1 aromatic carbocycles. The predicted octanol–water partition coefficient (Wildman–Crippen LogP) is 3.84. The van der Waals surface area contributed by atoms with Gasteiger partial charge in [0.05, 0.1) is 0 Å². The third kappa shape index (κ3) is 2.12. The molecule has 17 heavy (non-hydrogen) atoms. The van der Waals surface area contributed by atoms with Crippen LogP contribution in [0, 0.1) is 0 Å². The van der Waals surface area contributed by atoms with Crippen molar-refractivity contribution in [2.24, 2.45) is 0 Å². The first kappa shape index (κ1) is 10.6. The quantitative estimate of drug-likeness (QED) is 0.694. The molecule has 0 radical (unpaired) electrons. The normalized spacial score (nSPS) is 17.4. The highest BCUT2D eigenvalue weighted by Crippen LogP contribution is 2.33. The molecule has 3 rings (SSSR count). The summed E-state index contributed by atoms with van der Waals surface area (Å²) in [4.78, 5) is 11.2. The minimum atomic E-state index is -0.265. The van der Waals surface area contributed by atoms with E-state index < -0.39 is 0 Å². The lowest BCUT2D eigenvalue weighted by atomic mass is 9.84. The van der Waals surface area contributed by atoms with Crippen LogP contribution in [0.15, 0.2) is 39.5 Å². The number of rotatable bonds is 1. The van der Waals surface area contributed by atoms with E-state index >= 15 is 0 Å². The SMILES string of the molecule is O=c1ccc2ccc(C3CCCCC3)cc2o1. The maximum Gasteiger partial charge on any atom is 0.336 e. The molecule has 1 aliphatic rings. The fraction of sp³-hybridized carbons (Fsp3) is 0.400. The van der Waals surface area contributed by atoms with E-state index in [9.17, 15) is 4.79 Å². The van der Waals surface area contributed by atoms with Crippen LogP contribution < -0.4 is 5.63 Å². The average molecular weight is 228 g/mol. The molecule has 1 heterocycles. The van der Waals surface area contributed by atoms with Crippen molar-refractivity contribution in [3.05, 3.63) is 46.3 Å². The van der Waals surface area contributed by atoms with Gasteiger partial charge in [0, 0.05) is 11.5 Å². The molecule has 2 aromatic rings. The first-order chi connectivity index (χ1) is 8.33. The van der Waals surface area contributed by atoms with Gasteiger partial charge in [-0.2, -0.15) is 0 Å². The summed E-state index contributed by atoms with van der Waals surface area (Å²) in [6.07, 6.45) is 6.53. The number of hydrogen-bond acceptors (Lipinski definition) is 2. The van der Waals surface area contributed by atoms with E-state index in [0.29, 0.717) is 5.92 Å². The first-order valence-electron chi connectivity index (χ1n) is 6.37. The summed E-state index contributed by atoms with van der Waals surface area (Å²) in [7, 11) is 0. The van der Waals surface area contributed by atoms with Gasteiger partial charge in [0.15, 0.2) is 0 Å². The summed E-state index contributed by atoms with van der Waals surface area (Å²) < 4.78 is 5.24. The van der Waals surface area contributed by atoms with Gasteiger partial charge in [0.25, 0.3) is 0 Å². The lowest BCUT2D eigenvalue weighted by molar-refractivity contribution is 0.443. The molecule has 1 aromatic heterocycles. The minimum absolute atomic E-state index is 0.265. The monoisotopic (exact) mass is 228 g/mol. The van der Waals surface area contributed by atoms with E-state index in [1.165, 1.54) is 43.7 Å². The second-order valence-corrected chi connectivity index (χ2v) is 4.89. The Balaban J connectivity index is 2.02. The second-order valence-electron chi connectivity index (χ2n) is 4.89. The molecule has 1 saturated carbocycles. The van der Waals surface area contributed by atoms with Gasteiger partial charge >= 0.3 is 5.63 Å². The van der Waals surface area contributed by atoms with Crippen molar-refractivity contribution < 1.29 is 4.42 Å². The third-order valence-corrected chi connectivity index (χ3v) is 3.72. The van der Waals surface area contributed by atoms with Crippen molar-refractivity contribution in [2.75, 3.05) is 0 Å². The molecule has 1 aliphatic carbocycles. The summed E-state index contributed by atoms with van der Waals surface area (Å²) in [5.74, 6) is 0.652. The van der Waals surface area contributed by atoms with Gasteiger partial charge in [0.1, 0.15) is 5.58 Å². The van der Waals surface area contributed by atoms with Crippen LogP contribution in [-0.4, -0.2) is 0 Å². The van der Waals surface area contributed by atoms with Gasteiger partial charge in [-0.3, -0.25) is 0 Å². The number of fused-ring (bicyclic) bond motifs is 1. The fourth-order valence-electron chi connectivity index (χ4n) is 2.77.